The smallest absolute Gasteiger partial charge is 0.337 e. The number of aliphatic hydroxyl groups excluding tert-OH is 1. The van der Waals surface area contributed by atoms with E-state index >= 15 is 0 Å². The first-order valence-corrected chi connectivity index (χ1v) is 10.2. The predicted molar refractivity (Wildman–Crippen MR) is 121 cm³/mol. The number of nitrogens with one attached hydrogen (secondary N) is 1. The molecule has 0 spiro atoms. The van der Waals surface area contributed by atoms with Crippen molar-refractivity contribution in [3.63, 3.8) is 0 Å². The fourth-order valence-corrected chi connectivity index (χ4v) is 2.92. The number of nitriles is 1. The van der Waals surface area contributed by atoms with Gasteiger partial charge in [0.05, 0.1) is 18.1 Å². The van der Waals surface area contributed by atoms with Crippen LogP contribution in [-0.2, 0) is 36.9 Å². The molecule has 176 valence electrons. The summed E-state index contributed by atoms with van der Waals surface area (Å²) in [6.07, 6.45) is 0.439. The number of aromatic hydroxyl groups is 1. The van der Waals surface area contributed by atoms with Crippen LogP contribution in [0.5, 0.6) is 5.75 Å². The van der Waals surface area contributed by atoms with E-state index < -0.39 is 18.1 Å². The van der Waals surface area contributed by atoms with E-state index in [1.165, 1.54) is 31.2 Å². The number of hydrogen-bond acceptors (Lipinski definition) is 9. The normalized spacial score (nSPS) is 11.6. The Bertz CT molecular complexity index is 1120. The van der Waals surface area contributed by atoms with E-state index in [2.05, 4.69) is 5.32 Å². The molecule has 0 heterocycles. The molecule has 3 N–H and O–H groups in total. The summed E-state index contributed by atoms with van der Waals surface area (Å²) in [6.45, 7) is 1.50. The van der Waals surface area contributed by atoms with Crippen LogP contribution in [0.3, 0.4) is 0 Å². The second kappa shape index (κ2) is 12.5. The number of carbonyl (C=O) groups is 4. The number of anilines is 1. The van der Waals surface area contributed by atoms with Crippen molar-refractivity contribution >= 4 is 36.3 Å². The zero-order chi connectivity index (χ0) is 25.1. The van der Waals surface area contributed by atoms with E-state index in [0.29, 0.717) is 33.7 Å². The summed E-state index contributed by atoms with van der Waals surface area (Å²) in [5.41, 5.74) is 1.78. The number of aliphatic hydroxyl groups is 1. The van der Waals surface area contributed by atoms with Gasteiger partial charge in [-0.1, -0.05) is 25.1 Å². The van der Waals surface area contributed by atoms with Gasteiger partial charge >= 0.3 is 5.97 Å². The molecule has 2 aromatic rings. The summed E-state index contributed by atoms with van der Waals surface area (Å²) in [6, 6.07) is 12.6. The average molecular weight is 465 g/mol. The molecule has 1 atom stereocenters. The van der Waals surface area contributed by atoms with Crippen LogP contribution in [0.15, 0.2) is 48.0 Å². The van der Waals surface area contributed by atoms with E-state index in [-0.39, 0.29) is 37.0 Å². The van der Waals surface area contributed by atoms with Gasteiger partial charge in [-0.05, 0) is 47.0 Å². The van der Waals surface area contributed by atoms with Crippen molar-refractivity contribution in [1.82, 2.24) is 5.06 Å². The Morgan fingerprint density at radius 1 is 1.18 bits per heavy atom. The van der Waals surface area contributed by atoms with Crippen LogP contribution in [0, 0.1) is 11.3 Å². The Balaban J connectivity index is 2.22. The van der Waals surface area contributed by atoms with Crippen LogP contribution in [0.25, 0.3) is 6.08 Å². The van der Waals surface area contributed by atoms with Crippen molar-refractivity contribution in [3.8, 4) is 11.8 Å². The van der Waals surface area contributed by atoms with Crippen molar-refractivity contribution in [3.05, 3.63) is 64.7 Å². The summed E-state index contributed by atoms with van der Waals surface area (Å²) >= 11 is 0. The molecule has 0 aliphatic carbocycles. The number of nitrogens with zero attached hydrogens (tertiary/aromatic N) is 2. The van der Waals surface area contributed by atoms with Crippen LogP contribution in [0.1, 0.15) is 30.0 Å². The first kappa shape index (κ1) is 25.8. The molecule has 0 saturated heterocycles. The molecule has 0 radical (unpaired) electrons. The zero-order valence-electron chi connectivity index (χ0n) is 18.3. The van der Waals surface area contributed by atoms with Crippen LogP contribution < -0.4 is 5.32 Å². The summed E-state index contributed by atoms with van der Waals surface area (Å²) in [5.74, 6) is -1.51. The second-order valence-corrected chi connectivity index (χ2v) is 7.08. The molecule has 0 aromatic heterocycles. The Morgan fingerprint density at radius 2 is 1.85 bits per heavy atom. The molecule has 1 unspecified atom stereocenters. The standard InChI is InChI=1S/C24H23N3O7/c1-2-22(31)27(15-29)34-23(32)13-18-9-17(7-8-28)11-20(12-18)26-24(33)19(14-25)10-16-3-5-21(30)6-4-16/h3-6,8-12,15,24,26,30,33H,2,7,13H2,1H3. The molecule has 0 aliphatic heterocycles. The van der Waals surface area contributed by atoms with Gasteiger partial charge in [0.2, 0.25) is 0 Å². The van der Waals surface area contributed by atoms with E-state index in [9.17, 15) is 34.7 Å². The van der Waals surface area contributed by atoms with Gasteiger partial charge in [-0.2, -0.15) is 5.26 Å². The third-order valence-corrected chi connectivity index (χ3v) is 4.51. The Morgan fingerprint density at radius 3 is 2.44 bits per heavy atom. The zero-order valence-corrected chi connectivity index (χ0v) is 18.3. The lowest BCUT2D eigenvalue weighted by molar-refractivity contribution is -0.195. The average Bonchev–Trinajstić information content (AvgIpc) is 2.81. The molecular formula is C24H23N3O7. The highest BCUT2D eigenvalue weighted by Crippen LogP contribution is 2.20. The van der Waals surface area contributed by atoms with Crippen molar-refractivity contribution in [2.24, 2.45) is 0 Å². The molecule has 0 saturated carbocycles. The second-order valence-electron chi connectivity index (χ2n) is 7.08. The fourth-order valence-electron chi connectivity index (χ4n) is 2.92. The quantitative estimate of drug-likeness (QED) is 0.206. The number of rotatable bonds is 10. The lowest BCUT2D eigenvalue weighted by atomic mass is 10.0. The van der Waals surface area contributed by atoms with Gasteiger partial charge in [-0.3, -0.25) is 9.59 Å². The molecule has 2 rings (SSSR count). The number of carbonyl (C=O) groups excluding carboxylic acids is 4. The summed E-state index contributed by atoms with van der Waals surface area (Å²) in [4.78, 5) is 50.5. The van der Waals surface area contributed by atoms with Gasteiger partial charge in [0.25, 0.3) is 12.3 Å². The lowest BCUT2D eigenvalue weighted by Gasteiger charge is -2.16. The van der Waals surface area contributed by atoms with Crippen LogP contribution in [-0.4, -0.2) is 46.1 Å². The van der Waals surface area contributed by atoms with Crippen molar-refractivity contribution in [2.45, 2.75) is 32.4 Å². The van der Waals surface area contributed by atoms with Crippen LogP contribution in [0.2, 0.25) is 0 Å². The maximum atomic E-state index is 12.2. The van der Waals surface area contributed by atoms with Gasteiger partial charge in [0.15, 0.2) is 6.23 Å². The van der Waals surface area contributed by atoms with Crippen LogP contribution in [0.4, 0.5) is 5.69 Å². The third-order valence-electron chi connectivity index (χ3n) is 4.51. The highest BCUT2D eigenvalue weighted by Gasteiger charge is 2.18. The molecule has 0 aliphatic rings. The number of imide groups is 1. The highest BCUT2D eigenvalue weighted by molar-refractivity contribution is 5.86. The maximum Gasteiger partial charge on any atom is 0.337 e. The summed E-state index contributed by atoms with van der Waals surface area (Å²) in [7, 11) is 0. The van der Waals surface area contributed by atoms with E-state index in [1.807, 2.05) is 6.07 Å². The number of amides is 2. The molecule has 2 aromatic carbocycles. The first-order valence-electron chi connectivity index (χ1n) is 10.2. The monoisotopic (exact) mass is 465 g/mol. The molecular weight excluding hydrogens is 442 g/mol. The molecule has 34 heavy (non-hydrogen) atoms. The third kappa shape index (κ3) is 7.58. The van der Waals surface area contributed by atoms with Gasteiger partial charge < -0.3 is 25.2 Å². The van der Waals surface area contributed by atoms with E-state index in [0.717, 1.165) is 0 Å². The minimum Gasteiger partial charge on any atom is -0.508 e. The topological polar surface area (TPSA) is 157 Å². The Labute approximate surface area is 195 Å². The van der Waals surface area contributed by atoms with Gasteiger partial charge in [0, 0.05) is 18.5 Å². The van der Waals surface area contributed by atoms with Crippen molar-refractivity contribution < 1.29 is 34.2 Å². The highest BCUT2D eigenvalue weighted by atomic mass is 16.7. The number of phenolic OH excluding ortho intramolecular Hbond substituents is 1. The van der Waals surface area contributed by atoms with Crippen molar-refractivity contribution in [2.75, 3.05) is 5.32 Å². The molecule has 10 nitrogen and oxygen atoms in total. The first-order chi connectivity index (χ1) is 16.3. The van der Waals surface area contributed by atoms with E-state index in [4.69, 9.17) is 4.84 Å². The molecule has 2 amide bonds. The maximum absolute atomic E-state index is 12.2. The summed E-state index contributed by atoms with van der Waals surface area (Å²) < 4.78 is 0. The number of aldehydes is 1. The van der Waals surface area contributed by atoms with E-state index in [1.54, 1.807) is 24.3 Å². The Hall–Kier alpha value is -4.49. The molecule has 10 heteroatoms. The largest absolute Gasteiger partial charge is 0.508 e. The number of phenols is 1. The lowest BCUT2D eigenvalue weighted by Crippen LogP contribution is -2.32. The summed E-state index contributed by atoms with van der Waals surface area (Å²) in [5, 5.41) is 32.4. The fraction of sp³-hybridized carbons (Fsp3) is 0.208. The number of hydrogen-bond donors (Lipinski definition) is 3. The Kier molecular flexibility index (Phi) is 9.49. The number of benzene rings is 2. The van der Waals surface area contributed by atoms with Gasteiger partial charge in [0.1, 0.15) is 12.0 Å². The van der Waals surface area contributed by atoms with Gasteiger partial charge in [-0.25, -0.2) is 4.79 Å². The minimum atomic E-state index is -1.42. The minimum absolute atomic E-state index is 0.0212. The van der Waals surface area contributed by atoms with Gasteiger partial charge in [-0.15, -0.1) is 5.06 Å². The van der Waals surface area contributed by atoms with Crippen molar-refractivity contribution in [1.29, 1.82) is 5.26 Å². The SMILES string of the molecule is CCC(=O)N(C=O)OC(=O)Cc1cc(CC=O)cc(NC(O)C(C#N)=Cc2ccc(O)cc2)c1. The molecule has 0 bridgehead atoms. The molecule has 0 fully saturated rings. The predicted octanol–water partition coefficient (Wildman–Crippen LogP) is 1.87. The number of hydroxylamine groups is 2. The van der Waals surface area contributed by atoms with Crippen LogP contribution >= 0.6 is 0 Å².